The summed E-state index contributed by atoms with van der Waals surface area (Å²) in [6, 6.07) is 16.5. The van der Waals surface area contributed by atoms with Gasteiger partial charge in [0.05, 0.1) is 18.5 Å². The van der Waals surface area contributed by atoms with Gasteiger partial charge < -0.3 is 24.9 Å². The van der Waals surface area contributed by atoms with E-state index >= 15 is 0 Å². The van der Waals surface area contributed by atoms with Crippen LogP contribution in [0.15, 0.2) is 54.6 Å². The van der Waals surface area contributed by atoms with E-state index in [2.05, 4.69) is 10.4 Å². The zero-order chi connectivity index (χ0) is 21.7. The molecule has 0 spiro atoms. The van der Waals surface area contributed by atoms with Gasteiger partial charge in [0.1, 0.15) is 11.8 Å². The fourth-order valence-electron chi connectivity index (χ4n) is 2.92. The molecule has 0 unspecified atom stereocenters. The second kappa shape index (κ2) is 9.13. The van der Waals surface area contributed by atoms with Crippen LogP contribution in [0.25, 0.3) is 16.9 Å². The fourth-order valence-corrected chi connectivity index (χ4v) is 2.92. The van der Waals surface area contributed by atoms with E-state index in [0.717, 1.165) is 28.3 Å². The Balaban J connectivity index is 2.01. The molecule has 0 aliphatic carbocycles. The van der Waals surface area contributed by atoms with Gasteiger partial charge in [-0.1, -0.05) is 24.3 Å². The molecule has 1 heterocycles. The summed E-state index contributed by atoms with van der Waals surface area (Å²) in [5.74, 6) is 0.556. The topological polar surface area (TPSA) is 99.5 Å². The van der Waals surface area contributed by atoms with E-state index in [1.165, 1.54) is 0 Å². The van der Waals surface area contributed by atoms with E-state index < -0.39 is 6.09 Å². The molecule has 0 atom stereocenters. The maximum atomic E-state index is 12.7. The number of methoxy groups -OCH3 is 1. The molecule has 2 aromatic carbocycles. The predicted octanol–water partition coefficient (Wildman–Crippen LogP) is 2.07. The number of aromatic nitrogens is 2. The highest BCUT2D eigenvalue weighted by atomic mass is 16.5. The van der Waals surface area contributed by atoms with Gasteiger partial charge in [0.25, 0.3) is 5.91 Å². The Morgan fingerprint density at radius 3 is 2.37 bits per heavy atom. The van der Waals surface area contributed by atoms with Gasteiger partial charge in [0, 0.05) is 25.7 Å². The first-order chi connectivity index (χ1) is 14.4. The van der Waals surface area contributed by atoms with Crippen LogP contribution < -0.4 is 15.2 Å². The zero-order valence-electron chi connectivity index (χ0n) is 17.1. The number of nitrogens with zero attached hydrogens (tertiary/aromatic N) is 3. The van der Waals surface area contributed by atoms with Crippen LogP contribution in [-0.2, 0) is 6.54 Å². The Hall–Kier alpha value is -3.81. The van der Waals surface area contributed by atoms with Crippen LogP contribution in [0, 0.1) is 0 Å². The summed E-state index contributed by atoms with van der Waals surface area (Å²) < 4.78 is 6.93. The molecule has 3 aromatic rings. The summed E-state index contributed by atoms with van der Waals surface area (Å²) >= 11 is 0. The molecule has 0 fully saturated rings. The number of hydrogen-bond acceptors (Lipinski definition) is 5. The highest BCUT2D eigenvalue weighted by Gasteiger charge is 2.19. The summed E-state index contributed by atoms with van der Waals surface area (Å²) in [7, 11) is 3.33. The second-order valence-electron chi connectivity index (χ2n) is 6.68. The number of ether oxygens (including phenoxy) is 1. The summed E-state index contributed by atoms with van der Waals surface area (Å²) in [5.41, 5.74) is 3.50. The van der Waals surface area contributed by atoms with E-state index in [1.54, 1.807) is 29.8 Å². The summed E-state index contributed by atoms with van der Waals surface area (Å²) in [6.07, 6.45) is -1.32. The molecule has 0 saturated carbocycles. The van der Waals surface area contributed by atoms with Crippen molar-refractivity contribution >= 4 is 12.0 Å². The first kappa shape index (κ1) is 20.9. The Labute approximate surface area is 174 Å². The third-order valence-electron chi connectivity index (χ3n) is 4.75. The molecule has 0 bridgehead atoms. The third kappa shape index (κ3) is 4.60. The average molecular weight is 407 g/mol. The second-order valence-corrected chi connectivity index (χ2v) is 6.68. The molecule has 8 heteroatoms. The molecule has 1 N–H and O–H groups in total. The van der Waals surface area contributed by atoms with Crippen molar-refractivity contribution in [3.05, 3.63) is 65.9 Å². The number of benzene rings is 2. The van der Waals surface area contributed by atoms with Crippen molar-refractivity contribution in [2.45, 2.75) is 13.5 Å². The molecule has 0 saturated heterocycles. The van der Waals surface area contributed by atoms with E-state index in [4.69, 9.17) is 4.74 Å². The Morgan fingerprint density at radius 2 is 1.80 bits per heavy atom. The molecule has 0 aliphatic rings. The molecule has 156 valence electrons. The van der Waals surface area contributed by atoms with E-state index in [0.29, 0.717) is 12.2 Å². The SMILES string of the molecule is CCN(C)C(=O)c1cc(-c2ccc(CNC(=O)[O-])cc2)n(-c2ccc(OC)cc2)n1. The van der Waals surface area contributed by atoms with Gasteiger partial charge in [0.15, 0.2) is 5.69 Å². The van der Waals surface area contributed by atoms with Gasteiger partial charge in [-0.05, 0) is 42.8 Å². The van der Waals surface area contributed by atoms with Gasteiger partial charge in [-0.3, -0.25) is 4.79 Å². The van der Waals surface area contributed by atoms with Crippen molar-refractivity contribution in [1.82, 2.24) is 20.0 Å². The van der Waals surface area contributed by atoms with Crippen LogP contribution in [0.2, 0.25) is 0 Å². The van der Waals surface area contributed by atoms with Gasteiger partial charge in [-0.2, -0.15) is 5.10 Å². The Morgan fingerprint density at radius 1 is 1.13 bits per heavy atom. The lowest BCUT2D eigenvalue weighted by atomic mass is 10.1. The van der Waals surface area contributed by atoms with E-state index in [1.807, 2.05) is 55.5 Å². The minimum atomic E-state index is -1.32. The Bertz CT molecular complexity index is 1030. The maximum absolute atomic E-state index is 12.7. The van der Waals surface area contributed by atoms with E-state index in [-0.39, 0.29) is 12.5 Å². The summed E-state index contributed by atoms with van der Waals surface area (Å²) in [4.78, 5) is 24.8. The van der Waals surface area contributed by atoms with Crippen molar-refractivity contribution in [3.63, 3.8) is 0 Å². The van der Waals surface area contributed by atoms with Crippen molar-refractivity contribution in [2.24, 2.45) is 0 Å². The number of nitrogens with one attached hydrogen (secondary N) is 1. The summed E-state index contributed by atoms with van der Waals surface area (Å²) in [5, 5.41) is 17.4. The third-order valence-corrected chi connectivity index (χ3v) is 4.75. The van der Waals surface area contributed by atoms with Crippen molar-refractivity contribution in [2.75, 3.05) is 20.7 Å². The number of carbonyl (C=O) groups is 2. The van der Waals surface area contributed by atoms with Crippen LogP contribution in [0.5, 0.6) is 5.75 Å². The van der Waals surface area contributed by atoms with Crippen LogP contribution >= 0.6 is 0 Å². The number of rotatable bonds is 7. The normalized spacial score (nSPS) is 10.5. The minimum Gasteiger partial charge on any atom is -0.530 e. The molecule has 8 nitrogen and oxygen atoms in total. The van der Waals surface area contributed by atoms with Gasteiger partial charge >= 0.3 is 0 Å². The number of carboxylic acid groups (broad SMARTS) is 1. The lowest BCUT2D eigenvalue weighted by molar-refractivity contribution is -0.251. The minimum absolute atomic E-state index is 0.158. The molecule has 2 amide bonds. The van der Waals surface area contributed by atoms with Crippen LogP contribution in [0.4, 0.5) is 4.79 Å². The average Bonchev–Trinajstić information content (AvgIpc) is 3.22. The fraction of sp³-hybridized carbons (Fsp3) is 0.227. The first-order valence-electron chi connectivity index (χ1n) is 9.47. The first-order valence-corrected chi connectivity index (χ1v) is 9.47. The van der Waals surface area contributed by atoms with Crippen molar-refractivity contribution < 1.29 is 19.4 Å². The van der Waals surface area contributed by atoms with Gasteiger partial charge in [0.2, 0.25) is 0 Å². The number of amides is 2. The van der Waals surface area contributed by atoms with Gasteiger partial charge in [-0.15, -0.1) is 0 Å². The molecule has 3 rings (SSSR count). The monoisotopic (exact) mass is 407 g/mol. The van der Waals surface area contributed by atoms with Crippen LogP contribution in [0.3, 0.4) is 0 Å². The van der Waals surface area contributed by atoms with Crippen LogP contribution in [0.1, 0.15) is 23.0 Å². The lowest BCUT2D eigenvalue weighted by Crippen LogP contribution is -2.35. The molecule has 30 heavy (non-hydrogen) atoms. The van der Waals surface area contributed by atoms with Crippen LogP contribution in [-0.4, -0.2) is 47.4 Å². The highest BCUT2D eigenvalue weighted by Crippen LogP contribution is 2.26. The lowest BCUT2D eigenvalue weighted by Gasteiger charge is -2.12. The number of carbonyl (C=O) groups excluding carboxylic acids is 2. The molecule has 0 aliphatic heterocycles. The Kier molecular flexibility index (Phi) is 6.36. The zero-order valence-corrected chi connectivity index (χ0v) is 17.1. The highest BCUT2D eigenvalue weighted by molar-refractivity contribution is 5.93. The maximum Gasteiger partial charge on any atom is 0.274 e. The summed E-state index contributed by atoms with van der Waals surface area (Å²) in [6.45, 7) is 2.63. The molecule has 1 aromatic heterocycles. The smallest absolute Gasteiger partial charge is 0.274 e. The van der Waals surface area contributed by atoms with E-state index in [9.17, 15) is 14.7 Å². The van der Waals surface area contributed by atoms with Crippen molar-refractivity contribution in [3.8, 4) is 22.7 Å². The predicted molar refractivity (Wildman–Crippen MR) is 110 cm³/mol. The van der Waals surface area contributed by atoms with Gasteiger partial charge in [-0.25, -0.2) is 4.68 Å². The largest absolute Gasteiger partial charge is 0.530 e. The van der Waals surface area contributed by atoms with Crippen molar-refractivity contribution in [1.29, 1.82) is 0 Å². The molecular formula is C22H23N4O4-. The quantitative estimate of drug-likeness (QED) is 0.646. The molecular weight excluding hydrogens is 384 g/mol. The molecule has 0 radical (unpaired) electrons. The standard InChI is InChI=1S/C22H24N4O4/c1-4-25(2)21(27)19-13-20(16-7-5-15(6-8-16)14-23-22(28)29)26(24-19)17-9-11-18(30-3)12-10-17/h5-13,23H,4,14H2,1-3H3,(H,28,29)/p-1. The number of hydrogen-bond donors (Lipinski definition) is 1.